The molecule has 1 heterocycles. The molecule has 1 aliphatic carbocycles. The molecule has 0 saturated heterocycles. The molecule has 1 aromatic carbocycles. The third-order valence-electron chi connectivity index (χ3n) is 4.64. The van der Waals surface area contributed by atoms with Gasteiger partial charge < -0.3 is 14.7 Å². The maximum atomic E-state index is 12.1. The van der Waals surface area contributed by atoms with Gasteiger partial charge in [-0.1, -0.05) is 13.0 Å². The molecule has 0 bridgehead atoms. The van der Waals surface area contributed by atoms with Gasteiger partial charge in [0, 0.05) is 13.0 Å². The molecule has 0 aromatic heterocycles. The van der Waals surface area contributed by atoms with E-state index < -0.39 is 6.10 Å². The lowest BCUT2D eigenvalue weighted by Crippen LogP contribution is -2.46. The van der Waals surface area contributed by atoms with Crippen molar-refractivity contribution in [2.45, 2.75) is 44.8 Å². The Hall–Kier alpha value is -1.26. The van der Waals surface area contributed by atoms with Crippen LogP contribution in [0.3, 0.4) is 0 Å². The number of amides is 1. The van der Waals surface area contributed by atoms with E-state index in [0.717, 1.165) is 37.0 Å². The maximum Gasteiger partial charge on any atom is 0.237 e. The number of fused-ring (bicyclic) bond motifs is 2. The minimum Gasteiger partial charge on any atom is -0.493 e. The number of nitrogens with zero attached hydrogens (tertiary/aromatic N) is 1. The second kappa shape index (κ2) is 6.47. The minimum absolute atomic E-state index is 0.0383. The van der Waals surface area contributed by atoms with Gasteiger partial charge in [0.1, 0.15) is 11.6 Å². The van der Waals surface area contributed by atoms with Crippen LogP contribution in [0.25, 0.3) is 0 Å². The predicted octanol–water partition coefficient (Wildman–Crippen LogP) is 2.45. The molecule has 5 heteroatoms. The van der Waals surface area contributed by atoms with Crippen LogP contribution >= 0.6 is 11.6 Å². The second-order valence-electron chi connectivity index (χ2n) is 6.03. The minimum atomic E-state index is -0.669. The van der Waals surface area contributed by atoms with Crippen LogP contribution in [0, 0.1) is 0 Å². The lowest BCUT2D eigenvalue weighted by molar-refractivity contribution is -0.134. The average Bonchev–Trinajstić information content (AvgIpc) is 2.98. The van der Waals surface area contributed by atoms with Gasteiger partial charge in [-0.3, -0.25) is 4.79 Å². The molecule has 0 radical (unpaired) electrons. The van der Waals surface area contributed by atoms with E-state index >= 15 is 0 Å². The quantitative estimate of drug-likeness (QED) is 0.866. The van der Waals surface area contributed by atoms with Gasteiger partial charge in [-0.2, -0.15) is 0 Å². The molecular formula is C17H22ClNO3. The topological polar surface area (TPSA) is 49.8 Å². The number of aryl methyl sites for hydroxylation is 1. The Bertz CT molecular complexity index is 575. The summed E-state index contributed by atoms with van der Waals surface area (Å²) < 4.78 is 5.61. The molecule has 2 aliphatic rings. The van der Waals surface area contributed by atoms with Gasteiger partial charge in [-0.05, 0) is 42.0 Å². The Balaban J connectivity index is 1.89. The van der Waals surface area contributed by atoms with Gasteiger partial charge in [-0.25, -0.2) is 0 Å². The Morgan fingerprint density at radius 1 is 1.41 bits per heavy atom. The molecule has 0 unspecified atom stereocenters. The van der Waals surface area contributed by atoms with Crippen LogP contribution in [0.5, 0.6) is 5.75 Å². The highest BCUT2D eigenvalue weighted by Crippen LogP contribution is 2.38. The molecule has 0 saturated carbocycles. The summed E-state index contributed by atoms with van der Waals surface area (Å²) in [6.07, 6.45) is 2.77. The predicted molar refractivity (Wildman–Crippen MR) is 85.4 cm³/mol. The number of carbonyl (C=O) groups excluding carboxylic acids is 1. The Kier molecular flexibility index (Phi) is 4.59. The van der Waals surface area contributed by atoms with Crippen molar-refractivity contribution in [3.63, 3.8) is 0 Å². The molecule has 3 rings (SSSR count). The molecule has 1 aromatic rings. The third kappa shape index (κ3) is 2.70. The van der Waals surface area contributed by atoms with Crippen molar-refractivity contribution in [3.05, 3.63) is 28.8 Å². The third-order valence-corrected chi connectivity index (χ3v) is 4.87. The zero-order valence-electron chi connectivity index (χ0n) is 12.8. The van der Waals surface area contributed by atoms with E-state index in [2.05, 4.69) is 6.07 Å². The number of ether oxygens (including phenoxy) is 1. The van der Waals surface area contributed by atoms with E-state index in [1.807, 2.05) is 13.0 Å². The number of aliphatic hydroxyl groups is 1. The summed E-state index contributed by atoms with van der Waals surface area (Å²) in [4.78, 5) is 13.8. The first-order chi connectivity index (χ1) is 10.7. The molecule has 4 nitrogen and oxygen atoms in total. The van der Waals surface area contributed by atoms with E-state index in [4.69, 9.17) is 16.3 Å². The van der Waals surface area contributed by atoms with Gasteiger partial charge in [0.25, 0.3) is 0 Å². The zero-order valence-corrected chi connectivity index (χ0v) is 13.6. The van der Waals surface area contributed by atoms with E-state index in [9.17, 15) is 9.90 Å². The van der Waals surface area contributed by atoms with Crippen LogP contribution in [0.2, 0.25) is 0 Å². The van der Waals surface area contributed by atoms with Gasteiger partial charge in [-0.15, -0.1) is 11.6 Å². The van der Waals surface area contributed by atoms with Crippen LogP contribution in [0.1, 0.15) is 42.6 Å². The summed E-state index contributed by atoms with van der Waals surface area (Å²) in [6, 6.07) is 3.92. The summed E-state index contributed by atoms with van der Waals surface area (Å²) in [5, 5.41) is 10.8. The van der Waals surface area contributed by atoms with Crippen molar-refractivity contribution in [3.8, 4) is 5.75 Å². The summed E-state index contributed by atoms with van der Waals surface area (Å²) in [5.74, 6) is 0.737. The van der Waals surface area contributed by atoms with Crippen molar-refractivity contribution >= 4 is 17.5 Å². The number of hydrogen-bond donors (Lipinski definition) is 1. The number of rotatable bonds is 4. The van der Waals surface area contributed by atoms with Crippen molar-refractivity contribution in [2.24, 2.45) is 0 Å². The van der Waals surface area contributed by atoms with Gasteiger partial charge in [0.15, 0.2) is 0 Å². The van der Waals surface area contributed by atoms with E-state index in [1.54, 1.807) is 4.90 Å². The molecule has 1 amide bonds. The highest BCUT2D eigenvalue weighted by Gasteiger charge is 2.35. The standard InChI is InChI=1S/C17H22ClNO3/c1-2-6-19(16(20)10-18)14-4-3-11-8-12-5-7-22-15(12)9-13(11)17(14)21/h8-9,14,17,21H,2-7,10H2,1H3/t14-,17-/m0/s1. The summed E-state index contributed by atoms with van der Waals surface area (Å²) >= 11 is 5.73. The fourth-order valence-corrected chi connectivity index (χ4v) is 3.73. The molecule has 0 fully saturated rings. The normalized spacial score (nSPS) is 22.7. The summed E-state index contributed by atoms with van der Waals surface area (Å²) in [6.45, 7) is 3.37. The Morgan fingerprint density at radius 2 is 2.23 bits per heavy atom. The number of halogens is 1. The first-order valence-corrected chi connectivity index (χ1v) is 8.51. The fraction of sp³-hybridized carbons (Fsp3) is 0.588. The SMILES string of the molecule is CCCN(C(=O)CCl)[C@H]1CCc2cc3c(cc2[C@@H]1O)OCC3. The van der Waals surface area contributed by atoms with E-state index in [0.29, 0.717) is 13.2 Å². The zero-order chi connectivity index (χ0) is 15.7. The highest BCUT2D eigenvalue weighted by molar-refractivity contribution is 6.27. The van der Waals surface area contributed by atoms with Crippen LogP contribution < -0.4 is 4.74 Å². The fourth-order valence-electron chi connectivity index (χ4n) is 3.57. The first kappa shape index (κ1) is 15.6. The van der Waals surface area contributed by atoms with E-state index in [-0.39, 0.29) is 17.8 Å². The van der Waals surface area contributed by atoms with Crippen molar-refractivity contribution in [2.75, 3.05) is 19.0 Å². The molecule has 22 heavy (non-hydrogen) atoms. The number of benzene rings is 1. The van der Waals surface area contributed by atoms with Crippen molar-refractivity contribution in [1.29, 1.82) is 0 Å². The summed E-state index contributed by atoms with van der Waals surface area (Å²) in [7, 11) is 0. The van der Waals surface area contributed by atoms with Crippen LogP contribution in [0.4, 0.5) is 0 Å². The second-order valence-corrected chi connectivity index (χ2v) is 6.30. The lowest BCUT2D eigenvalue weighted by atomic mass is 9.83. The number of alkyl halides is 1. The Morgan fingerprint density at radius 3 is 2.95 bits per heavy atom. The smallest absolute Gasteiger partial charge is 0.237 e. The van der Waals surface area contributed by atoms with Crippen molar-refractivity contribution < 1.29 is 14.6 Å². The van der Waals surface area contributed by atoms with Crippen molar-refractivity contribution in [1.82, 2.24) is 4.90 Å². The number of aliphatic hydroxyl groups excluding tert-OH is 1. The van der Waals surface area contributed by atoms with Gasteiger partial charge >= 0.3 is 0 Å². The van der Waals surface area contributed by atoms with Crippen LogP contribution in [-0.4, -0.2) is 41.0 Å². The molecule has 1 N–H and O–H groups in total. The molecule has 120 valence electrons. The Labute approximate surface area is 136 Å². The maximum absolute atomic E-state index is 12.1. The highest BCUT2D eigenvalue weighted by atomic mass is 35.5. The number of hydrogen-bond acceptors (Lipinski definition) is 3. The molecular weight excluding hydrogens is 302 g/mol. The van der Waals surface area contributed by atoms with Crippen LogP contribution in [-0.2, 0) is 17.6 Å². The van der Waals surface area contributed by atoms with Gasteiger partial charge in [0.05, 0.1) is 18.8 Å². The lowest BCUT2D eigenvalue weighted by Gasteiger charge is -2.38. The van der Waals surface area contributed by atoms with Crippen LogP contribution in [0.15, 0.2) is 12.1 Å². The molecule has 2 atom stereocenters. The van der Waals surface area contributed by atoms with Gasteiger partial charge in [0.2, 0.25) is 5.91 Å². The summed E-state index contributed by atoms with van der Waals surface area (Å²) in [5.41, 5.74) is 3.31. The monoisotopic (exact) mass is 323 g/mol. The number of carbonyl (C=O) groups is 1. The molecule has 0 spiro atoms. The largest absolute Gasteiger partial charge is 0.493 e. The first-order valence-electron chi connectivity index (χ1n) is 7.97. The van der Waals surface area contributed by atoms with E-state index in [1.165, 1.54) is 11.1 Å². The molecule has 1 aliphatic heterocycles. The average molecular weight is 324 g/mol.